The van der Waals surface area contributed by atoms with E-state index in [2.05, 4.69) is 10.1 Å². The number of nitrogens with zero attached hydrogens (tertiary/aromatic N) is 1. The van der Waals surface area contributed by atoms with Crippen LogP contribution in [0, 0.1) is 0 Å². The molecule has 0 aromatic heterocycles. The predicted molar refractivity (Wildman–Crippen MR) is 121 cm³/mol. The lowest BCUT2D eigenvalue weighted by Gasteiger charge is -2.26. The summed E-state index contributed by atoms with van der Waals surface area (Å²) in [5, 5.41) is 13.7. The van der Waals surface area contributed by atoms with Crippen LogP contribution in [-0.2, 0) is 14.3 Å². The van der Waals surface area contributed by atoms with Gasteiger partial charge in [-0.25, -0.2) is 4.99 Å². The summed E-state index contributed by atoms with van der Waals surface area (Å²) in [6.45, 7) is 0.421. The van der Waals surface area contributed by atoms with Gasteiger partial charge in [0.05, 0.1) is 19.3 Å². The third kappa shape index (κ3) is 11.0. The van der Waals surface area contributed by atoms with E-state index in [9.17, 15) is 9.90 Å². The molecule has 0 aromatic rings. The molecule has 0 aromatic carbocycles. The van der Waals surface area contributed by atoms with Gasteiger partial charge in [-0.1, -0.05) is 57.4 Å². The summed E-state index contributed by atoms with van der Waals surface area (Å²) in [4.78, 5) is 16.0. The highest BCUT2D eigenvalue weighted by Gasteiger charge is 2.18. The molecule has 2 saturated carbocycles. The van der Waals surface area contributed by atoms with Crippen molar-refractivity contribution in [2.75, 3.05) is 13.7 Å². The fourth-order valence-electron chi connectivity index (χ4n) is 4.25. The van der Waals surface area contributed by atoms with Crippen molar-refractivity contribution in [3.8, 4) is 0 Å². The van der Waals surface area contributed by atoms with Crippen LogP contribution in [0.3, 0.4) is 0 Å². The number of hydrogen-bond acceptors (Lipinski definition) is 5. The van der Waals surface area contributed by atoms with Gasteiger partial charge in [-0.15, -0.1) is 0 Å². The summed E-state index contributed by atoms with van der Waals surface area (Å²) < 4.78 is 10.6. The van der Waals surface area contributed by atoms with Crippen molar-refractivity contribution in [2.45, 2.75) is 114 Å². The van der Waals surface area contributed by atoms with E-state index >= 15 is 0 Å². The Labute approximate surface area is 182 Å². The molecule has 2 fully saturated rings. The highest BCUT2D eigenvalue weighted by Crippen LogP contribution is 2.21. The van der Waals surface area contributed by atoms with Gasteiger partial charge in [0.1, 0.15) is 6.61 Å². The maximum Gasteiger partial charge on any atom is 0.305 e. The lowest BCUT2D eigenvalue weighted by atomic mass is 9.95. The lowest BCUT2D eigenvalue weighted by molar-refractivity contribution is -0.140. The molecule has 0 radical (unpaired) electrons. The molecule has 0 heterocycles. The van der Waals surface area contributed by atoms with E-state index in [1.807, 2.05) is 6.08 Å². The van der Waals surface area contributed by atoms with Crippen molar-refractivity contribution in [1.29, 1.82) is 0 Å². The number of ether oxygens (including phenoxy) is 2. The Kier molecular flexibility index (Phi) is 12.6. The minimum atomic E-state index is -0.475. The summed E-state index contributed by atoms with van der Waals surface area (Å²) in [7, 11) is 1.41. The topological polar surface area (TPSA) is 80.2 Å². The monoisotopic (exact) mass is 422 g/mol. The minimum Gasteiger partial charge on any atom is -0.469 e. The first-order valence-corrected chi connectivity index (χ1v) is 12.1. The zero-order valence-electron chi connectivity index (χ0n) is 18.8. The Morgan fingerprint density at radius 3 is 2.47 bits per heavy atom. The minimum absolute atomic E-state index is 0.167. The predicted octanol–water partition coefficient (Wildman–Crippen LogP) is 4.65. The fraction of sp³-hybridized carbons (Fsp3) is 0.833. The first-order chi connectivity index (χ1) is 14.7. The van der Waals surface area contributed by atoms with Crippen LogP contribution < -0.4 is 5.32 Å². The van der Waals surface area contributed by atoms with Crippen molar-refractivity contribution in [2.24, 2.45) is 4.99 Å². The second-order valence-electron chi connectivity index (χ2n) is 8.69. The number of aliphatic hydroxyl groups excluding tert-OH is 1. The first kappa shape index (κ1) is 24.7. The number of unbranched alkanes of at least 4 members (excludes halogenated alkanes) is 2. The smallest absolute Gasteiger partial charge is 0.305 e. The molecule has 2 rings (SSSR count). The van der Waals surface area contributed by atoms with Crippen molar-refractivity contribution < 1.29 is 19.4 Å². The highest BCUT2D eigenvalue weighted by atomic mass is 16.5. The van der Waals surface area contributed by atoms with Gasteiger partial charge < -0.3 is 19.9 Å². The molecule has 2 aliphatic rings. The Morgan fingerprint density at radius 1 is 1.07 bits per heavy atom. The number of esters is 1. The van der Waals surface area contributed by atoms with Crippen LogP contribution in [0.15, 0.2) is 17.1 Å². The molecule has 0 spiro atoms. The quantitative estimate of drug-likeness (QED) is 0.166. The average Bonchev–Trinajstić information content (AvgIpc) is 2.77. The Hall–Kier alpha value is -1.56. The van der Waals surface area contributed by atoms with E-state index in [4.69, 9.17) is 9.73 Å². The van der Waals surface area contributed by atoms with Crippen molar-refractivity contribution in [3.63, 3.8) is 0 Å². The number of methoxy groups -OCH3 is 1. The first-order valence-electron chi connectivity index (χ1n) is 12.1. The summed E-state index contributed by atoms with van der Waals surface area (Å²) in [6, 6.07) is 1.54. The molecule has 6 heteroatoms. The van der Waals surface area contributed by atoms with Crippen molar-refractivity contribution in [3.05, 3.63) is 12.2 Å². The number of hydrogen-bond donors (Lipinski definition) is 2. The van der Waals surface area contributed by atoms with Crippen LogP contribution in [0.5, 0.6) is 0 Å². The molecular formula is C24H42N2O4. The van der Waals surface area contributed by atoms with E-state index in [1.165, 1.54) is 58.5 Å². The van der Waals surface area contributed by atoms with E-state index in [0.29, 0.717) is 37.6 Å². The third-order valence-corrected chi connectivity index (χ3v) is 6.09. The SMILES string of the molecule is COC(=O)CCCCCC(O)/C=C\COC(=NC1CCCCC1)NC1CCCCC1. The molecule has 1 unspecified atom stereocenters. The zero-order valence-corrected chi connectivity index (χ0v) is 18.8. The number of aliphatic hydroxyl groups is 1. The maximum absolute atomic E-state index is 11.1. The Morgan fingerprint density at radius 2 is 1.77 bits per heavy atom. The molecular weight excluding hydrogens is 380 g/mol. The molecule has 0 saturated heterocycles. The van der Waals surface area contributed by atoms with E-state index in [1.54, 1.807) is 6.08 Å². The van der Waals surface area contributed by atoms with Crippen molar-refractivity contribution in [1.82, 2.24) is 5.32 Å². The lowest BCUT2D eigenvalue weighted by Crippen LogP contribution is -2.38. The van der Waals surface area contributed by atoms with Crippen LogP contribution in [0.2, 0.25) is 0 Å². The van der Waals surface area contributed by atoms with Crippen LogP contribution in [0.25, 0.3) is 0 Å². The largest absolute Gasteiger partial charge is 0.469 e. The Balaban J connectivity index is 1.69. The van der Waals surface area contributed by atoms with Gasteiger partial charge in [-0.3, -0.25) is 4.79 Å². The van der Waals surface area contributed by atoms with Crippen molar-refractivity contribution >= 4 is 12.0 Å². The summed E-state index contributed by atoms with van der Waals surface area (Å²) in [5.41, 5.74) is 0. The van der Waals surface area contributed by atoms with Crippen LogP contribution >= 0.6 is 0 Å². The molecule has 0 aliphatic heterocycles. The normalized spacial score (nSPS) is 20.3. The number of amidine groups is 1. The molecule has 0 bridgehead atoms. The molecule has 0 amide bonds. The number of carbonyl (C=O) groups is 1. The molecule has 2 aliphatic carbocycles. The summed E-state index contributed by atoms with van der Waals surface area (Å²) in [5.74, 6) is -0.167. The number of carbonyl (C=O) groups excluding carboxylic acids is 1. The van der Waals surface area contributed by atoms with E-state index in [0.717, 1.165) is 32.1 Å². The molecule has 172 valence electrons. The summed E-state index contributed by atoms with van der Waals surface area (Å²) >= 11 is 0. The molecule has 2 N–H and O–H groups in total. The van der Waals surface area contributed by atoms with E-state index < -0.39 is 6.10 Å². The standard InChI is InChI=1S/C24H42N2O4/c1-29-23(28)18-10-4-9-16-22(27)17-11-19-30-24(25-20-12-5-2-6-13-20)26-21-14-7-3-8-15-21/h11,17,20-22,27H,2-10,12-16,18-19H2,1H3,(H,25,26)/b17-11-. The molecule has 6 nitrogen and oxygen atoms in total. The Bertz CT molecular complexity index is 523. The van der Waals surface area contributed by atoms with Crippen LogP contribution in [0.4, 0.5) is 0 Å². The van der Waals surface area contributed by atoms with Crippen LogP contribution in [-0.4, -0.2) is 49.0 Å². The highest BCUT2D eigenvalue weighted by molar-refractivity contribution is 5.74. The second kappa shape index (κ2) is 15.3. The number of nitrogens with one attached hydrogen (secondary N) is 1. The van der Waals surface area contributed by atoms with Gasteiger partial charge in [0.2, 0.25) is 0 Å². The maximum atomic E-state index is 11.1. The zero-order chi connectivity index (χ0) is 21.4. The third-order valence-electron chi connectivity index (χ3n) is 6.09. The van der Waals surface area contributed by atoms with E-state index in [-0.39, 0.29) is 5.97 Å². The van der Waals surface area contributed by atoms with Gasteiger partial charge in [0.25, 0.3) is 6.02 Å². The van der Waals surface area contributed by atoms with Gasteiger partial charge in [-0.2, -0.15) is 0 Å². The average molecular weight is 423 g/mol. The van der Waals surface area contributed by atoms with Crippen LogP contribution in [0.1, 0.15) is 96.3 Å². The van der Waals surface area contributed by atoms with Gasteiger partial charge in [-0.05, 0) is 44.6 Å². The fourth-order valence-corrected chi connectivity index (χ4v) is 4.25. The van der Waals surface area contributed by atoms with Gasteiger partial charge in [0, 0.05) is 12.5 Å². The summed E-state index contributed by atoms with van der Waals surface area (Å²) in [6.07, 6.45) is 19.4. The number of rotatable bonds is 11. The van der Waals surface area contributed by atoms with Gasteiger partial charge >= 0.3 is 5.97 Å². The second-order valence-corrected chi connectivity index (χ2v) is 8.69. The molecule has 30 heavy (non-hydrogen) atoms. The van der Waals surface area contributed by atoms with Gasteiger partial charge in [0.15, 0.2) is 0 Å². The number of aliphatic imine (C=N–C) groups is 1. The molecule has 1 atom stereocenters.